The molecule has 0 nitrogen and oxygen atoms in total. The summed E-state index contributed by atoms with van der Waals surface area (Å²) in [4.78, 5) is 0. The molecular formula is C24H50S5. The molecule has 0 amide bonds. The Morgan fingerprint density at radius 3 is 0.862 bits per heavy atom. The van der Waals surface area contributed by atoms with Gasteiger partial charge in [-0.15, -0.1) is 0 Å². The van der Waals surface area contributed by atoms with Gasteiger partial charge < -0.3 is 0 Å². The first-order valence-corrected chi connectivity index (χ1v) is 17.1. The Bertz CT molecular complexity index is 467. The van der Waals surface area contributed by atoms with Gasteiger partial charge in [-0.1, -0.05) is 105 Å². The van der Waals surface area contributed by atoms with Crippen molar-refractivity contribution in [1.82, 2.24) is 0 Å². The van der Waals surface area contributed by atoms with Crippen LogP contribution in [0.5, 0.6) is 0 Å². The minimum atomic E-state index is 0.193. The lowest BCUT2D eigenvalue weighted by Crippen LogP contribution is -2.49. The van der Waals surface area contributed by atoms with Crippen LogP contribution in [0.15, 0.2) is 0 Å². The molecule has 5 heteroatoms. The predicted octanol–water partition coefficient (Wildman–Crippen LogP) is 11.3. The van der Waals surface area contributed by atoms with Crippen LogP contribution in [0.1, 0.15) is 111 Å². The Hall–Kier alpha value is 1.75. The summed E-state index contributed by atoms with van der Waals surface area (Å²) >= 11 is 0. The quantitative estimate of drug-likeness (QED) is 0.193. The van der Waals surface area contributed by atoms with Crippen LogP contribution in [-0.4, -0.2) is 9.49 Å². The van der Waals surface area contributed by atoms with Crippen molar-refractivity contribution in [1.29, 1.82) is 0 Å². The van der Waals surface area contributed by atoms with E-state index in [2.05, 4.69) is 111 Å². The second-order valence-electron chi connectivity index (χ2n) is 12.4. The third kappa shape index (κ3) is 6.42. The molecular weight excluding hydrogens is 449 g/mol. The monoisotopic (exact) mass is 498 g/mol. The minimum Gasteiger partial charge on any atom is -0.0748 e. The summed E-state index contributed by atoms with van der Waals surface area (Å²) in [5.74, 6) is 1.32. The van der Waals surface area contributed by atoms with Gasteiger partial charge >= 0.3 is 0 Å². The Morgan fingerprint density at radius 2 is 0.655 bits per heavy atom. The molecule has 0 aliphatic carbocycles. The van der Waals surface area contributed by atoms with Gasteiger partial charge in [-0.2, -0.15) is 0 Å². The highest BCUT2D eigenvalue weighted by Crippen LogP contribution is 2.64. The van der Waals surface area contributed by atoms with Crippen molar-refractivity contribution >= 4 is 51.1 Å². The predicted molar refractivity (Wildman–Crippen MR) is 151 cm³/mol. The van der Waals surface area contributed by atoms with E-state index in [0.29, 0.717) is 11.8 Å². The average Bonchev–Trinajstić information content (AvgIpc) is 2.53. The van der Waals surface area contributed by atoms with E-state index in [4.69, 9.17) is 0 Å². The van der Waals surface area contributed by atoms with Gasteiger partial charge in [0, 0.05) is 9.49 Å². The van der Waals surface area contributed by atoms with Crippen molar-refractivity contribution in [3.8, 4) is 0 Å². The maximum atomic E-state index is 2.45. The van der Waals surface area contributed by atoms with Gasteiger partial charge in [-0.05, 0) is 90.7 Å². The molecule has 0 aromatic rings. The van der Waals surface area contributed by atoms with E-state index in [-0.39, 0.29) is 31.2 Å². The number of hydrogen-bond donors (Lipinski definition) is 0. The van der Waals surface area contributed by atoms with E-state index < -0.39 is 0 Å². The molecule has 0 aliphatic rings. The van der Waals surface area contributed by atoms with Crippen LogP contribution < -0.4 is 0 Å². The molecule has 0 atom stereocenters. The summed E-state index contributed by atoms with van der Waals surface area (Å²) in [6.45, 7) is 38.7. The summed E-state index contributed by atoms with van der Waals surface area (Å²) in [6.07, 6.45) is 0. The lowest BCUT2D eigenvalue weighted by Gasteiger charge is -2.53. The zero-order valence-corrected chi connectivity index (χ0v) is 26.3. The Balaban J connectivity index is 4.92. The van der Waals surface area contributed by atoms with Gasteiger partial charge in [0.05, 0.1) is 0 Å². The third-order valence-corrected chi connectivity index (χ3v) is 20.2. The maximum Gasteiger partial charge on any atom is 0.0271 e. The van der Waals surface area contributed by atoms with Gasteiger partial charge in [0.25, 0.3) is 0 Å². The smallest absolute Gasteiger partial charge is 0.0271 e. The van der Waals surface area contributed by atoms with Gasteiger partial charge in [-0.25, -0.2) is 0 Å². The maximum absolute atomic E-state index is 2.45. The van der Waals surface area contributed by atoms with Crippen molar-refractivity contribution in [3.63, 3.8) is 0 Å². The largest absolute Gasteiger partial charge is 0.0748 e. The van der Waals surface area contributed by atoms with Gasteiger partial charge in [-0.3, -0.25) is 0 Å². The van der Waals surface area contributed by atoms with Gasteiger partial charge in [0.15, 0.2) is 0 Å². The van der Waals surface area contributed by atoms with E-state index in [0.717, 1.165) is 0 Å². The molecule has 0 aromatic heterocycles. The topological polar surface area (TPSA) is 0 Å². The second-order valence-corrected chi connectivity index (χ2v) is 21.1. The van der Waals surface area contributed by atoms with E-state index in [9.17, 15) is 0 Å². The van der Waals surface area contributed by atoms with Crippen molar-refractivity contribution in [2.24, 2.45) is 33.5 Å². The third-order valence-electron chi connectivity index (χ3n) is 9.66. The van der Waals surface area contributed by atoms with E-state index in [1.807, 2.05) is 51.1 Å². The van der Waals surface area contributed by atoms with Crippen LogP contribution in [-0.2, 0) is 0 Å². The lowest BCUT2D eigenvalue weighted by atomic mass is 9.57. The Morgan fingerprint density at radius 1 is 0.414 bits per heavy atom. The molecule has 0 aromatic carbocycles. The molecule has 0 saturated heterocycles. The molecule has 0 saturated carbocycles. The summed E-state index contributed by atoms with van der Waals surface area (Å²) in [5.41, 5.74) is 1.02. The molecule has 0 aliphatic heterocycles. The molecule has 29 heavy (non-hydrogen) atoms. The van der Waals surface area contributed by atoms with Gasteiger partial charge in [0.2, 0.25) is 0 Å². The molecule has 0 unspecified atom stereocenters. The first-order chi connectivity index (χ1) is 12.6. The van der Waals surface area contributed by atoms with Crippen LogP contribution in [0.25, 0.3) is 0 Å². The van der Waals surface area contributed by atoms with Crippen LogP contribution in [0.3, 0.4) is 0 Å². The fourth-order valence-corrected chi connectivity index (χ4v) is 15.0. The summed E-state index contributed by atoms with van der Waals surface area (Å²) in [6, 6.07) is 0. The summed E-state index contributed by atoms with van der Waals surface area (Å²) in [7, 11) is 9.94. The molecule has 0 heterocycles. The average molecular weight is 499 g/mol. The van der Waals surface area contributed by atoms with Crippen molar-refractivity contribution in [2.75, 3.05) is 0 Å². The molecule has 0 rings (SSSR count). The first-order valence-electron chi connectivity index (χ1n) is 11.0. The SMILES string of the molecule is CC(C)C(C)(C)C(C)(C)C(C)(C)SSSSSC(C)(C)C(C)(C)C(C)(C)C(C)C. The molecule has 0 radical (unpaired) electrons. The molecule has 0 bridgehead atoms. The highest BCUT2D eigenvalue weighted by molar-refractivity contribution is 9.35. The highest BCUT2D eigenvalue weighted by atomic mass is 33.8. The number of rotatable bonds is 12. The van der Waals surface area contributed by atoms with E-state index in [1.54, 1.807) is 0 Å². The fraction of sp³-hybridized carbons (Fsp3) is 1.00. The van der Waals surface area contributed by atoms with E-state index >= 15 is 0 Å². The van der Waals surface area contributed by atoms with Gasteiger partial charge in [0.1, 0.15) is 0 Å². The van der Waals surface area contributed by atoms with Crippen LogP contribution >= 0.6 is 51.1 Å². The normalized spacial score (nSPS) is 15.5. The Labute approximate surface area is 203 Å². The molecule has 176 valence electrons. The van der Waals surface area contributed by atoms with Crippen LogP contribution in [0, 0.1) is 33.5 Å². The van der Waals surface area contributed by atoms with Crippen molar-refractivity contribution < 1.29 is 0 Å². The Kier molecular flexibility index (Phi) is 11.0. The molecule has 0 fully saturated rings. The number of hydrogen-bond acceptors (Lipinski definition) is 5. The minimum absolute atomic E-state index is 0.193. The zero-order valence-electron chi connectivity index (χ0n) is 22.2. The molecule has 0 spiro atoms. The lowest BCUT2D eigenvalue weighted by molar-refractivity contribution is 0.0291. The standard InChI is InChI=1S/C24H50S5/c1-17(2)19(5,6)21(9,10)23(13,14)25-27-29-28-26-24(15,16)22(11,12)20(7,8)18(3)4/h17-18H,1-16H3. The summed E-state index contributed by atoms with van der Waals surface area (Å²) in [5, 5.41) is 0. The van der Waals surface area contributed by atoms with Crippen molar-refractivity contribution in [2.45, 2.75) is 120 Å². The first kappa shape index (κ1) is 30.8. The van der Waals surface area contributed by atoms with E-state index in [1.165, 1.54) is 0 Å². The second kappa shape index (κ2) is 10.3. The summed E-state index contributed by atoms with van der Waals surface area (Å²) < 4.78 is 0.385. The fourth-order valence-electron chi connectivity index (χ4n) is 3.41. The highest BCUT2D eigenvalue weighted by Gasteiger charge is 2.51. The van der Waals surface area contributed by atoms with Crippen molar-refractivity contribution in [3.05, 3.63) is 0 Å². The molecule has 0 N–H and O–H groups in total. The van der Waals surface area contributed by atoms with Crippen LogP contribution in [0.2, 0.25) is 0 Å². The zero-order chi connectivity index (χ0) is 23.7. The van der Waals surface area contributed by atoms with Crippen LogP contribution in [0.4, 0.5) is 0 Å².